The lowest BCUT2D eigenvalue weighted by atomic mass is 10.1. The van der Waals surface area contributed by atoms with E-state index in [9.17, 15) is 13.2 Å². The molecule has 3 nitrogen and oxygen atoms in total. The van der Waals surface area contributed by atoms with Gasteiger partial charge in [-0.15, -0.1) is 0 Å². The second kappa shape index (κ2) is 5.85. The number of nitrogen functional groups attached to an aromatic ring is 1. The topological polar surface area (TPSA) is 47.3 Å². The Morgan fingerprint density at radius 2 is 1.81 bits per heavy atom. The van der Waals surface area contributed by atoms with Crippen molar-refractivity contribution in [2.45, 2.75) is 6.18 Å². The van der Waals surface area contributed by atoms with Gasteiger partial charge in [0.25, 0.3) is 0 Å². The predicted octanol–water partition coefficient (Wildman–Crippen LogP) is 4.80. The molecular formula is C14H12BrF3N2O. The Bertz CT molecular complexity index is 659. The van der Waals surface area contributed by atoms with Crippen LogP contribution in [0.2, 0.25) is 0 Å². The predicted molar refractivity (Wildman–Crippen MR) is 79.8 cm³/mol. The zero-order valence-corrected chi connectivity index (χ0v) is 12.5. The first kappa shape index (κ1) is 15.5. The summed E-state index contributed by atoms with van der Waals surface area (Å²) in [6.45, 7) is 0. The van der Waals surface area contributed by atoms with Crippen LogP contribution >= 0.6 is 15.9 Å². The van der Waals surface area contributed by atoms with Gasteiger partial charge >= 0.3 is 6.18 Å². The maximum Gasteiger partial charge on any atom is 0.418 e. The number of nitrogens with two attached hydrogens (primary N) is 1. The van der Waals surface area contributed by atoms with Crippen molar-refractivity contribution in [3.05, 3.63) is 46.4 Å². The first-order chi connectivity index (χ1) is 9.81. The highest BCUT2D eigenvalue weighted by Gasteiger charge is 2.33. The molecule has 0 aliphatic carbocycles. The number of ether oxygens (including phenoxy) is 1. The smallest absolute Gasteiger partial charge is 0.418 e. The minimum absolute atomic E-state index is 0.0533. The lowest BCUT2D eigenvalue weighted by Crippen LogP contribution is -2.09. The zero-order valence-electron chi connectivity index (χ0n) is 11.0. The number of methoxy groups -OCH3 is 1. The molecule has 2 rings (SSSR count). The molecule has 0 amide bonds. The van der Waals surface area contributed by atoms with E-state index in [2.05, 4.69) is 21.2 Å². The van der Waals surface area contributed by atoms with Gasteiger partial charge in [-0.25, -0.2) is 0 Å². The van der Waals surface area contributed by atoms with Gasteiger partial charge in [-0.1, -0.05) is 0 Å². The number of halogens is 4. The molecule has 0 atom stereocenters. The monoisotopic (exact) mass is 360 g/mol. The van der Waals surface area contributed by atoms with Gasteiger partial charge < -0.3 is 15.8 Å². The Balaban J connectivity index is 2.45. The van der Waals surface area contributed by atoms with Crippen LogP contribution < -0.4 is 15.8 Å². The van der Waals surface area contributed by atoms with Gasteiger partial charge in [-0.05, 0) is 46.3 Å². The standard InChI is InChI=1S/C14H12BrF3N2O/c1-21-9-3-4-11(15)13(7-9)20-12-5-2-8(19)6-10(12)14(16,17)18/h2-7,20H,19H2,1H3. The van der Waals surface area contributed by atoms with Crippen LogP contribution in [0.1, 0.15) is 5.56 Å². The number of hydrogen-bond donors (Lipinski definition) is 2. The first-order valence-electron chi connectivity index (χ1n) is 5.88. The Morgan fingerprint density at radius 1 is 1.10 bits per heavy atom. The molecule has 21 heavy (non-hydrogen) atoms. The number of anilines is 3. The van der Waals surface area contributed by atoms with Crippen molar-refractivity contribution in [2.75, 3.05) is 18.2 Å². The van der Waals surface area contributed by atoms with E-state index in [4.69, 9.17) is 10.5 Å². The number of hydrogen-bond acceptors (Lipinski definition) is 3. The van der Waals surface area contributed by atoms with E-state index < -0.39 is 11.7 Å². The minimum atomic E-state index is -4.50. The molecule has 0 saturated heterocycles. The fourth-order valence-corrected chi connectivity index (χ4v) is 2.12. The normalized spacial score (nSPS) is 11.3. The lowest BCUT2D eigenvalue weighted by molar-refractivity contribution is -0.136. The molecule has 2 aromatic carbocycles. The van der Waals surface area contributed by atoms with E-state index in [1.165, 1.54) is 19.2 Å². The zero-order chi connectivity index (χ0) is 15.6. The van der Waals surface area contributed by atoms with Gasteiger partial charge in [0.1, 0.15) is 5.75 Å². The quantitative estimate of drug-likeness (QED) is 0.772. The number of benzene rings is 2. The van der Waals surface area contributed by atoms with Crippen molar-refractivity contribution in [3.63, 3.8) is 0 Å². The van der Waals surface area contributed by atoms with Gasteiger partial charge in [0.05, 0.1) is 24.0 Å². The van der Waals surface area contributed by atoms with E-state index in [0.29, 0.717) is 15.9 Å². The van der Waals surface area contributed by atoms with Crippen molar-refractivity contribution in [2.24, 2.45) is 0 Å². The third-order valence-electron chi connectivity index (χ3n) is 2.79. The molecule has 0 aromatic heterocycles. The molecule has 0 aliphatic heterocycles. The maximum atomic E-state index is 13.0. The average Bonchev–Trinajstić information content (AvgIpc) is 2.42. The SMILES string of the molecule is COc1ccc(Br)c(Nc2ccc(N)cc2C(F)(F)F)c1. The van der Waals surface area contributed by atoms with Crippen LogP contribution in [0.25, 0.3) is 0 Å². The van der Waals surface area contributed by atoms with Crippen molar-refractivity contribution < 1.29 is 17.9 Å². The molecule has 3 N–H and O–H groups in total. The molecule has 7 heteroatoms. The summed E-state index contributed by atoms with van der Waals surface area (Å²) >= 11 is 3.28. The number of nitrogens with one attached hydrogen (secondary N) is 1. The summed E-state index contributed by atoms with van der Waals surface area (Å²) in [6, 6.07) is 8.58. The third-order valence-corrected chi connectivity index (χ3v) is 3.48. The van der Waals surface area contributed by atoms with E-state index >= 15 is 0 Å². The Kier molecular flexibility index (Phi) is 4.32. The van der Waals surface area contributed by atoms with Gasteiger partial charge in [-0.2, -0.15) is 13.2 Å². The van der Waals surface area contributed by atoms with E-state index in [1.54, 1.807) is 18.2 Å². The van der Waals surface area contributed by atoms with Crippen molar-refractivity contribution >= 4 is 33.0 Å². The summed E-state index contributed by atoms with van der Waals surface area (Å²) in [4.78, 5) is 0. The van der Waals surface area contributed by atoms with Crippen LogP contribution in [0.3, 0.4) is 0 Å². The molecule has 2 aromatic rings. The lowest BCUT2D eigenvalue weighted by Gasteiger charge is -2.16. The molecule has 0 aliphatic rings. The Labute approximate surface area is 128 Å². The highest BCUT2D eigenvalue weighted by Crippen LogP contribution is 2.38. The van der Waals surface area contributed by atoms with Crippen molar-refractivity contribution in [1.82, 2.24) is 0 Å². The molecule has 0 heterocycles. The molecule has 0 bridgehead atoms. The molecule has 112 valence electrons. The number of alkyl halides is 3. The summed E-state index contributed by atoms with van der Waals surface area (Å²) in [5, 5.41) is 2.75. The Hall–Kier alpha value is -1.89. The van der Waals surface area contributed by atoms with E-state index in [1.807, 2.05) is 0 Å². The van der Waals surface area contributed by atoms with Crippen LogP contribution in [0.15, 0.2) is 40.9 Å². The van der Waals surface area contributed by atoms with Crippen LogP contribution in [-0.4, -0.2) is 7.11 Å². The highest BCUT2D eigenvalue weighted by molar-refractivity contribution is 9.10. The van der Waals surface area contributed by atoms with Gasteiger partial charge in [0.15, 0.2) is 0 Å². The number of rotatable bonds is 3. The van der Waals surface area contributed by atoms with E-state index in [-0.39, 0.29) is 11.4 Å². The summed E-state index contributed by atoms with van der Waals surface area (Å²) < 4.78 is 44.8. The van der Waals surface area contributed by atoms with Crippen LogP contribution in [0.4, 0.5) is 30.2 Å². The summed E-state index contributed by atoms with van der Waals surface area (Å²) in [7, 11) is 1.48. The molecule has 0 spiro atoms. The summed E-state index contributed by atoms with van der Waals surface area (Å²) in [5.41, 5.74) is 5.05. The largest absolute Gasteiger partial charge is 0.497 e. The van der Waals surface area contributed by atoms with Crippen LogP contribution in [-0.2, 0) is 6.18 Å². The van der Waals surface area contributed by atoms with Gasteiger partial charge in [0, 0.05) is 16.2 Å². The maximum absolute atomic E-state index is 13.0. The fraction of sp³-hybridized carbons (Fsp3) is 0.143. The fourth-order valence-electron chi connectivity index (χ4n) is 1.78. The van der Waals surface area contributed by atoms with Crippen molar-refractivity contribution in [1.29, 1.82) is 0 Å². The van der Waals surface area contributed by atoms with Crippen molar-refractivity contribution in [3.8, 4) is 5.75 Å². The summed E-state index contributed by atoms with van der Waals surface area (Å²) in [6.07, 6.45) is -4.50. The molecular weight excluding hydrogens is 349 g/mol. The van der Waals surface area contributed by atoms with Gasteiger partial charge in [-0.3, -0.25) is 0 Å². The molecule has 0 saturated carbocycles. The summed E-state index contributed by atoms with van der Waals surface area (Å²) in [5.74, 6) is 0.532. The second-order valence-corrected chi connectivity index (χ2v) is 5.13. The highest BCUT2D eigenvalue weighted by atomic mass is 79.9. The van der Waals surface area contributed by atoms with Gasteiger partial charge in [0.2, 0.25) is 0 Å². The average molecular weight is 361 g/mol. The van der Waals surface area contributed by atoms with Crippen LogP contribution in [0.5, 0.6) is 5.75 Å². The second-order valence-electron chi connectivity index (χ2n) is 4.27. The Morgan fingerprint density at radius 3 is 2.43 bits per heavy atom. The molecule has 0 fully saturated rings. The molecule has 0 unspecified atom stereocenters. The minimum Gasteiger partial charge on any atom is -0.497 e. The van der Waals surface area contributed by atoms with E-state index in [0.717, 1.165) is 6.07 Å². The van der Waals surface area contributed by atoms with Crippen LogP contribution in [0, 0.1) is 0 Å². The third kappa shape index (κ3) is 3.60. The molecule has 0 radical (unpaired) electrons. The first-order valence-corrected chi connectivity index (χ1v) is 6.68.